The highest BCUT2D eigenvalue weighted by atomic mass is 32.2. The minimum Gasteiger partial charge on any atom is -0.397 e. The minimum absolute atomic E-state index is 0.114. The fraction of sp³-hybridized carbons (Fsp3) is 0.400. The second kappa shape index (κ2) is 4.29. The summed E-state index contributed by atoms with van der Waals surface area (Å²) in [4.78, 5) is 0. The summed E-state index contributed by atoms with van der Waals surface area (Å²) in [6, 6.07) is 2.61. The van der Waals surface area contributed by atoms with Crippen molar-refractivity contribution in [2.45, 2.75) is 13.3 Å². The number of nitrogens with two attached hydrogens (primary N) is 1. The van der Waals surface area contributed by atoms with Gasteiger partial charge in [0.1, 0.15) is 5.82 Å². The third-order valence-electron chi connectivity index (χ3n) is 2.41. The highest BCUT2D eigenvalue weighted by Gasteiger charge is 2.16. The molecule has 0 aliphatic rings. The van der Waals surface area contributed by atoms with E-state index in [1.54, 1.807) is 6.92 Å². The zero-order valence-corrected chi connectivity index (χ0v) is 10.3. The van der Waals surface area contributed by atoms with Crippen LogP contribution >= 0.6 is 0 Å². The molecule has 0 amide bonds. The lowest BCUT2D eigenvalue weighted by Gasteiger charge is -2.19. The first kappa shape index (κ1) is 12.8. The molecule has 2 N–H and O–H groups in total. The molecule has 0 bridgehead atoms. The molecular weight excluding hydrogens is 231 g/mol. The first-order valence-electron chi connectivity index (χ1n) is 4.79. The maximum atomic E-state index is 13.3. The Kier molecular flexibility index (Phi) is 3.42. The Hall–Kier alpha value is -1.30. The second-order valence-electron chi connectivity index (χ2n) is 3.59. The van der Waals surface area contributed by atoms with Crippen molar-refractivity contribution in [1.82, 2.24) is 0 Å². The van der Waals surface area contributed by atoms with E-state index in [2.05, 4.69) is 0 Å². The number of hydrogen-bond acceptors (Lipinski definition) is 3. The zero-order chi connectivity index (χ0) is 12.5. The highest BCUT2D eigenvalue weighted by Crippen LogP contribution is 2.27. The van der Waals surface area contributed by atoms with Crippen LogP contribution in [0.25, 0.3) is 0 Å². The maximum Gasteiger partial charge on any atom is 0.232 e. The van der Waals surface area contributed by atoms with E-state index in [0.717, 1.165) is 16.6 Å². The van der Waals surface area contributed by atoms with Crippen LogP contribution in [-0.2, 0) is 16.4 Å². The zero-order valence-electron chi connectivity index (χ0n) is 9.49. The molecule has 0 aliphatic carbocycles. The van der Waals surface area contributed by atoms with E-state index in [9.17, 15) is 12.8 Å². The van der Waals surface area contributed by atoms with Gasteiger partial charge in [0.05, 0.1) is 17.6 Å². The molecule has 6 heteroatoms. The Morgan fingerprint density at radius 2 is 2.00 bits per heavy atom. The summed E-state index contributed by atoms with van der Waals surface area (Å²) in [6.07, 6.45) is 1.55. The van der Waals surface area contributed by atoms with Gasteiger partial charge in [-0.05, 0) is 24.1 Å². The Morgan fingerprint density at radius 1 is 1.44 bits per heavy atom. The molecule has 1 aromatic rings. The number of halogens is 1. The number of anilines is 2. The molecule has 90 valence electrons. The molecule has 0 spiro atoms. The summed E-state index contributed by atoms with van der Waals surface area (Å²) in [5, 5.41) is 0. The number of hydrogen-bond donors (Lipinski definition) is 1. The lowest BCUT2D eigenvalue weighted by atomic mass is 10.1. The predicted molar refractivity (Wildman–Crippen MR) is 63.4 cm³/mol. The molecule has 4 nitrogen and oxygen atoms in total. The number of rotatable bonds is 3. The summed E-state index contributed by atoms with van der Waals surface area (Å²) in [7, 11) is -2.00. The molecular formula is C10H15FN2O2S. The van der Waals surface area contributed by atoms with Gasteiger partial charge in [0.15, 0.2) is 0 Å². The van der Waals surface area contributed by atoms with Crippen molar-refractivity contribution in [3.63, 3.8) is 0 Å². The van der Waals surface area contributed by atoms with E-state index in [4.69, 9.17) is 5.73 Å². The van der Waals surface area contributed by atoms with Crippen LogP contribution in [0.1, 0.15) is 12.5 Å². The van der Waals surface area contributed by atoms with Crippen molar-refractivity contribution in [2.75, 3.05) is 23.3 Å². The van der Waals surface area contributed by atoms with Gasteiger partial charge in [-0.15, -0.1) is 0 Å². The van der Waals surface area contributed by atoms with E-state index >= 15 is 0 Å². The van der Waals surface area contributed by atoms with E-state index in [-0.39, 0.29) is 5.69 Å². The van der Waals surface area contributed by atoms with Gasteiger partial charge in [-0.1, -0.05) is 6.92 Å². The molecule has 0 heterocycles. The summed E-state index contributed by atoms with van der Waals surface area (Å²) in [5.74, 6) is -0.411. The quantitative estimate of drug-likeness (QED) is 0.819. The van der Waals surface area contributed by atoms with E-state index in [0.29, 0.717) is 17.7 Å². The SMILES string of the molecule is CCc1cc(N(C)S(C)(=O)=O)c(N)cc1F. The minimum atomic E-state index is -3.39. The Balaban J connectivity index is 3.35. The van der Waals surface area contributed by atoms with Crippen LogP contribution < -0.4 is 10.0 Å². The Labute approximate surface area is 94.9 Å². The van der Waals surface area contributed by atoms with Gasteiger partial charge >= 0.3 is 0 Å². The largest absolute Gasteiger partial charge is 0.397 e. The van der Waals surface area contributed by atoms with Crippen LogP contribution in [0.2, 0.25) is 0 Å². The van der Waals surface area contributed by atoms with Crippen molar-refractivity contribution in [3.05, 3.63) is 23.5 Å². The summed E-state index contributed by atoms with van der Waals surface area (Å²) in [6.45, 7) is 1.79. The first-order valence-corrected chi connectivity index (χ1v) is 6.64. The summed E-state index contributed by atoms with van der Waals surface area (Å²) < 4.78 is 37.1. The lowest BCUT2D eigenvalue weighted by Crippen LogP contribution is -2.26. The molecule has 1 aromatic carbocycles. The smallest absolute Gasteiger partial charge is 0.232 e. The molecule has 1 rings (SSSR count). The van der Waals surface area contributed by atoms with Crippen molar-refractivity contribution in [1.29, 1.82) is 0 Å². The molecule has 0 saturated heterocycles. The van der Waals surface area contributed by atoms with Gasteiger partial charge in [-0.3, -0.25) is 4.31 Å². The number of sulfonamides is 1. The van der Waals surface area contributed by atoms with Crippen molar-refractivity contribution in [2.24, 2.45) is 0 Å². The van der Waals surface area contributed by atoms with Gasteiger partial charge in [-0.2, -0.15) is 0 Å². The number of aryl methyl sites for hydroxylation is 1. The van der Waals surface area contributed by atoms with Crippen LogP contribution in [0, 0.1) is 5.82 Å². The van der Waals surface area contributed by atoms with Gasteiger partial charge < -0.3 is 5.73 Å². The normalized spacial score (nSPS) is 11.5. The molecule has 0 unspecified atom stereocenters. The van der Waals surface area contributed by atoms with Crippen LogP contribution in [-0.4, -0.2) is 21.7 Å². The standard InChI is InChI=1S/C10H15FN2O2S/c1-4-7-5-10(9(12)6-8(7)11)13(2)16(3,14)15/h5-6H,4,12H2,1-3H3. The monoisotopic (exact) mass is 246 g/mol. The number of nitrogen functional groups attached to an aromatic ring is 1. The highest BCUT2D eigenvalue weighted by molar-refractivity contribution is 7.92. The number of benzene rings is 1. The molecule has 0 atom stereocenters. The summed E-state index contributed by atoms with van der Waals surface area (Å²) in [5.41, 5.74) is 6.46. The second-order valence-corrected chi connectivity index (χ2v) is 5.60. The topological polar surface area (TPSA) is 63.4 Å². The molecule has 0 aliphatic heterocycles. The van der Waals surface area contributed by atoms with Crippen molar-refractivity contribution in [3.8, 4) is 0 Å². The average Bonchev–Trinajstić information content (AvgIpc) is 2.15. The first-order chi connectivity index (χ1) is 7.27. The third kappa shape index (κ3) is 2.44. The molecule has 16 heavy (non-hydrogen) atoms. The van der Waals surface area contributed by atoms with Gasteiger partial charge in [0.2, 0.25) is 10.0 Å². The van der Waals surface area contributed by atoms with Crippen LogP contribution in [0.5, 0.6) is 0 Å². The Morgan fingerprint density at radius 3 is 2.44 bits per heavy atom. The van der Waals surface area contributed by atoms with Crippen molar-refractivity contribution < 1.29 is 12.8 Å². The van der Waals surface area contributed by atoms with E-state index < -0.39 is 15.8 Å². The third-order valence-corrected chi connectivity index (χ3v) is 3.60. The average molecular weight is 246 g/mol. The lowest BCUT2D eigenvalue weighted by molar-refractivity contribution is 0.599. The van der Waals surface area contributed by atoms with Crippen LogP contribution in [0.4, 0.5) is 15.8 Å². The molecule has 0 fully saturated rings. The molecule has 0 radical (unpaired) electrons. The van der Waals surface area contributed by atoms with E-state index in [1.165, 1.54) is 13.1 Å². The van der Waals surface area contributed by atoms with Crippen LogP contribution in [0.15, 0.2) is 12.1 Å². The molecule has 0 aromatic heterocycles. The van der Waals surface area contributed by atoms with E-state index in [1.807, 2.05) is 0 Å². The predicted octanol–water partition coefficient (Wildman–Crippen LogP) is 1.37. The van der Waals surface area contributed by atoms with Crippen LogP contribution in [0.3, 0.4) is 0 Å². The summed E-state index contributed by atoms with van der Waals surface area (Å²) >= 11 is 0. The van der Waals surface area contributed by atoms with Crippen molar-refractivity contribution >= 4 is 21.4 Å². The van der Waals surface area contributed by atoms with Gasteiger partial charge in [-0.25, -0.2) is 12.8 Å². The van der Waals surface area contributed by atoms with Gasteiger partial charge in [0, 0.05) is 7.05 Å². The number of nitrogens with zero attached hydrogens (tertiary/aromatic N) is 1. The maximum absolute atomic E-state index is 13.3. The van der Waals surface area contributed by atoms with Gasteiger partial charge in [0.25, 0.3) is 0 Å². The fourth-order valence-corrected chi connectivity index (χ4v) is 1.86. The fourth-order valence-electron chi connectivity index (χ4n) is 1.34. The Bertz CT molecular complexity index is 500. The molecule has 0 saturated carbocycles.